The summed E-state index contributed by atoms with van der Waals surface area (Å²) >= 11 is 0. The first kappa shape index (κ1) is 12.7. The van der Waals surface area contributed by atoms with Gasteiger partial charge in [-0.1, -0.05) is 36.3 Å². The molecule has 3 rings (SSSR count). The molecule has 2 heterocycles. The highest BCUT2D eigenvalue weighted by Gasteiger charge is 2.14. The number of rotatable bonds is 4. The fraction of sp³-hybridized carbons (Fsp3) is 0.267. The average Bonchev–Trinajstić information content (AvgIpc) is 2.94. The van der Waals surface area contributed by atoms with Gasteiger partial charge in [-0.25, -0.2) is 0 Å². The molecule has 1 aromatic carbocycles. The van der Waals surface area contributed by atoms with E-state index in [1.807, 2.05) is 37.3 Å². The van der Waals surface area contributed by atoms with Crippen molar-refractivity contribution in [3.8, 4) is 11.5 Å². The van der Waals surface area contributed by atoms with Gasteiger partial charge in [0.25, 0.3) is 0 Å². The van der Waals surface area contributed by atoms with Crippen molar-refractivity contribution in [1.29, 1.82) is 0 Å². The lowest BCUT2D eigenvalue weighted by atomic mass is 10.1. The van der Waals surface area contributed by atoms with Crippen LogP contribution in [0.3, 0.4) is 0 Å². The summed E-state index contributed by atoms with van der Waals surface area (Å²) in [7, 11) is 0. The minimum atomic E-state index is 0.0452. The van der Waals surface area contributed by atoms with E-state index >= 15 is 0 Å². The predicted octanol–water partition coefficient (Wildman–Crippen LogP) is 2.56. The zero-order valence-corrected chi connectivity index (χ0v) is 11.3. The fourth-order valence-corrected chi connectivity index (χ4v) is 2.10. The van der Waals surface area contributed by atoms with E-state index in [-0.39, 0.29) is 6.04 Å². The van der Waals surface area contributed by atoms with Gasteiger partial charge in [0, 0.05) is 24.0 Å². The molecule has 0 aliphatic carbocycles. The van der Waals surface area contributed by atoms with Crippen molar-refractivity contribution in [3.63, 3.8) is 0 Å². The quantitative estimate of drug-likeness (QED) is 0.786. The second-order valence-electron chi connectivity index (χ2n) is 4.76. The fourth-order valence-electron chi connectivity index (χ4n) is 2.10. The summed E-state index contributed by atoms with van der Waals surface area (Å²) in [5, 5.41) is 6.14. The van der Waals surface area contributed by atoms with Crippen LogP contribution >= 0.6 is 0 Å². The first-order valence-electron chi connectivity index (χ1n) is 6.70. The molecule has 0 radical (unpaired) electrons. The van der Waals surface area contributed by atoms with Gasteiger partial charge < -0.3 is 10.3 Å². The molecule has 0 bridgehead atoms. The maximum atomic E-state index is 5.90. The van der Waals surface area contributed by atoms with E-state index < -0.39 is 0 Å². The third kappa shape index (κ3) is 2.40. The summed E-state index contributed by atoms with van der Waals surface area (Å²) in [6, 6.07) is 10.0. The van der Waals surface area contributed by atoms with Crippen molar-refractivity contribution in [3.05, 3.63) is 42.4 Å². The van der Waals surface area contributed by atoms with Crippen molar-refractivity contribution in [2.75, 3.05) is 0 Å². The molecule has 2 aromatic heterocycles. The van der Waals surface area contributed by atoms with Crippen molar-refractivity contribution in [2.24, 2.45) is 5.73 Å². The molecule has 0 spiro atoms. The maximum Gasteiger partial charge on any atom is 0.228 e. The number of nitrogens with zero attached hydrogens (tertiary/aromatic N) is 3. The topological polar surface area (TPSA) is 77.8 Å². The smallest absolute Gasteiger partial charge is 0.228 e. The van der Waals surface area contributed by atoms with Crippen LogP contribution in [0.5, 0.6) is 0 Å². The van der Waals surface area contributed by atoms with Crippen LogP contribution in [0.15, 0.2) is 41.1 Å². The minimum Gasteiger partial charge on any atom is -0.339 e. The van der Waals surface area contributed by atoms with Crippen molar-refractivity contribution < 1.29 is 4.52 Å². The SMILES string of the molecule is CCC(N)Cc1nc(-c2nccc3ccccc23)no1. The number of pyridine rings is 1. The van der Waals surface area contributed by atoms with Crippen molar-refractivity contribution in [2.45, 2.75) is 25.8 Å². The standard InChI is InChI=1S/C15H16N4O/c1-2-11(16)9-13-18-15(19-20-13)14-12-6-4-3-5-10(12)7-8-17-14/h3-8,11H,2,9,16H2,1H3. The van der Waals surface area contributed by atoms with E-state index in [0.29, 0.717) is 18.1 Å². The molecule has 0 aliphatic heterocycles. The van der Waals surface area contributed by atoms with Crippen LogP contribution in [0, 0.1) is 0 Å². The van der Waals surface area contributed by atoms with Crippen molar-refractivity contribution >= 4 is 10.8 Å². The zero-order valence-electron chi connectivity index (χ0n) is 11.3. The van der Waals surface area contributed by atoms with Crippen LogP contribution in [0.4, 0.5) is 0 Å². The number of fused-ring (bicyclic) bond motifs is 1. The van der Waals surface area contributed by atoms with Gasteiger partial charge in [0.1, 0.15) is 5.69 Å². The average molecular weight is 268 g/mol. The molecular weight excluding hydrogens is 252 g/mol. The summed E-state index contributed by atoms with van der Waals surface area (Å²) in [6.45, 7) is 2.04. The van der Waals surface area contributed by atoms with E-state index in [2.05, 4.69) is 15.1 Å². The van der Waals surface area contributed by atoms with Gasteiger partial charge >= 0.3 is 0 Å². The van der Waals surface area contributed by atoms with Gasteiger partial charge in [0.15, 0.2) is 0 Å². The summed E-state index contributed by atoms with van der Waals surface area (Å²) in [5.74, 6) is 1.07. The largest absolute Gasteiger partial charge is 0.339 e. The Morgan fingerprint density at radius 1 is 1.25 bits per heavy atom. The number of hydrogen-bond donors (Lipinski definition) is 1. The Bertz CT molecular complexity index is 717. The zero-order chi connectivity index (χ0) is 13.9. The summed E-state index contributed by atoms with van der Waals surface area (Å²) in [5.41, 5.74) is 6.64. The van der Waals surface area contributed by atoms with Crippen LogP contribution in [-0.4, -0.2) is 21.2 Å². The molecule has 0 saturated carbocycles. The lowest BCUT2D eigenvalue weighted by molar-refractivity contribution is 0.368. The third-order valence-corrected chi connectivity index (χ3v) is 3.31. The van der Waals surface area contributed by atoms with Crippen LogP contribution < -0.4 is 5.73 Å². The molecule has 5 nitrogen and oxygen atoms in total. The van der Waals surface area contributed by atoms with E-state index in [4.69, 9.17) is 10.3 Å². The second kappa shape index (κ2) is 5.38. The Morgan fingerprint density at radius 3 is 2.95 bits per heavy atom. The Morgan fingerprint density at radius 2 is 2.10 bits per heavy atom. The number of aromatic nitrogens is 3. The number of benzene rings is 1. The van der Waals surface area contributed by atoms with Crippen LogP contribution in [-0.2, 0) is 6.42 Å². The predicted molar refractivity (Wildman–Crippen MR) is 77.0 cm³/mol. The van der Waals surface area contributed by atoms with Gasteiger partial charge in [-0.3, -0.25) is 4.98 Å². The lowest BCUT2D eigenvalue weighted by Gasteiger charge is -2.02. The molecule has 5 heteroatoms. The molecule has 0 amide bonds. The van der Waals surface area contributed by atoms with E-state index in [1.165, 1.54) is 0 Å². The van der Waals surface area contributed by atoms with Gasteiger partial charge in [0.05, 0.1) is 0 Å². The molecule has 102 valence electrons. The van der Waals surface area contributed by atoms with Crippen LogP contribution in [0.1, 0.15) is 19.2 Å². The summed E-state index contributed by atoms with van der Waals surface area (Å²) < 4.78 is 5.26. The van der Waals surface area contributed by atoms with Crippen LogP contribution in [0.2, 0.25) is 0 Å². The first-order valence-corrected chi connectivity index (χ1v) is 6.70. The van der Waals surface area contributed by atoms with Crippen LogP contribution in [0.25, 0.3) is 22.3 Å². The summed E-state index contributed by atoms with van der Waals surface area (Å²) in [4.78, 5) is 8.77. The van der Waals surface area contributed by atoms with E-state index in [9.17, 15) is 0 Å². The molecule has 0 aliphatic rings. The van der Waals surface area contributed by atoms with E-state index in [1.54, 1.807) is 6.20 Å². The summed E-state index contributed by atoms with van der Waals surface area (Å²) in [6.07, 6.45) is 3.23. The molecular formula is C15H16N4O. The number of hydrogen-bond acceptors (Lipinski definition) is 5. The highest BCUT2D eigenvalue weighted by molar-refractivity contribution is 5.92. The van der Waals surface area contributed by atoms with Gasteiger partial charge in [-0.2, -0.15) is 4.98 Å². The Labute approximate surface area is 116 Å². The molecule has 0 saturated heterocycles. The monoisotopic (exact) mass is 268 g/mol. The molecule has 2 N–H and O–H groups in total. The van der Waals surface area contributed by atoms with Gasteiger partial charge in [0.2, 0.25) is 11.7 Å². The third-order valence-electron chi connectivity index (χ3n) is 3.31. The van der Waals surface area contributed by atoms with E-state index in [0.717, 1.165) is 22.9 Å². The van der Waals surface area contributed by atoms with Gasteiger partial charge in [-0.05, 0) is 17.9 Å². The van der Waals surface area contributed by atoms with Crippen molar-refractivity contribution in [1.82, 2.24) is 15.1 Å². The lowest BCUT2D eigenvalue weighted by Crippen LogP contribution is -2.21. The highest BCUT2D eigenvalue weighted by Crippen LogP contribution is 2.24. The second-order valence-corrected chi connectivity index (χ2v) is 4.76. The molecule has 3 aromatic rings. The first-order chi connectivity index (χ1) is 9.78. The minimum absolute atomic E-state index is 0.0452. The molecule has 1 atom stereocenters. The normalized spacial score (nSPS) is 12.7. The maximum absolute atomic E-state index is 5.90. The highest BCUT2D eigenvalue weighted by atomic mass is 16.5. The number of nitrogens with two attached hydrogens (primary N) is 1. The Balaban J connectivity index is 1.99. The van der Waals surface area contributed by atoms with Gasteiger partial charge in [-0.15, -0.1) is 0 Å². The Kier molecular flexibility index (Phi) is 3.43. The Hall–Kier alpha value is -2.27. The molecule has 1 unspecified atom stereocenters. The molecule has 20 heavy (non-hydrogen) atoms. The molecule has 0 fully saturated rings.